The molecule has 2 amide bonds. The Balaban J connectivity index is 2.42. The topological polar surface area (TPSA) is 61.4 Å². The minimum absolute atomic E-state index is 0.0341. The molecule has 0 spiro atoms. The molecule has 1 rings (SSSR count). The lowest BCUT2D eigenvalue weighted by molar-refractivity contribution is 0.0649. The van der Waals surface area contributed by atoms with E-state index in [2.05, 4.69) is 10.6 Å². The van der Waals surface area contributed by atoms with E-state index in [4.69, 9.17) is 0 Å². The molecular weight excluding hydrogens is 260 g/mol. The van der Waals surface area contributed by atoms with E-state index in [0.717, 1.165) is 11.3 Å². The zero-order chi connectivity index (χ0) is 14.5. The highest BCUT2D eigenvalue weighted by molar-refractivity contribution is 7.10. The lowest BCUT2D eigenvalue weighted by Crippen LogP contribution is -2.44. The molecule has 1 aromatic heterocycles. The van der Waals surface area contributed by atoms with Crippen molar-refractivity contribution in [2.75, 3.05) is 6.54 Å². The van der Waals surface area contributed by atoms with Gasteiger partial charge < -0.3 is 15.7 Å². The molecule has 0 bridgehead atoms. The average Bonchev–Trinajstić information content (AvgIpc) is 2.85. The van der Waals surface area contributed by atoms with Crippen LogP contribution in [0.15, 0.2) is 17.5 Å². The van der Waals surface area contributed by atoms with Crippen molar-refractivity contribution in [3.8, 4) is 0 Å². The first kappa shape index (κ1) is 16.0. The minimum Gasteiger partial charge on any atom is -0.391 e. The van der Waals surface area contributed by atoms with Crippen LogP contribution in [0.3, 0.4) is 0 Å². The normalized spacial score (nSPS) is 14.8. The summed E-state index contributed by atoms with van der Waals surface area (Å²) in [4.78, 5) is 13.0. The first-order chi connectivity index (χ1) is 8.84. The molecule has 1 heterocycles. The summed E-state index contributed by atoms with van der Waals surface area (Å²) in [5.74, 6) is 0. The van der Waals surface area contributed by atoms with Crippen molar-refractivity contribution >= 4 is 17.4 Å². The van der Waals surface area contributed by atoms with Crippen molar-refractivity contribution in [3.63, 3.8) is 0 Å². The maximum Gasteiger partial charge on any atom is 0.315 e. The van der Waals surface area contributed by atoms with Crippen molar-refractivity contribution in [1.29, 1.82) is 0 Å². The van der Waals surface area contributed by atoms with Crippen molar-refractivity contribution in [2.24, 2.45) is 5.41 Å². The Morgan fingerprint density at radius 1 is 1.47 bits per heavy atom. The number of nitrogens with one attached hydrogen (secondary N) is 2. The summed E-state index contributed by atoms with van der Waals surface area (Å²) in [6.07, 6.45) is 0.288. The molecule has 0 aliphatic heterocycles. The molecule has 0 aromatic carbocycles. The lowest BCUT2D eigenvalue weighted by atomic mass is 9.89. The maximum atomic E-state index is 11.8. The standard InChI is InChI=1S/C14H24N2O2S/c1-5-10(11-7-6-8-19-11)16-13(18)15-9-12(17)14(2,3)4/h6-8,10,12,17H,5,9H2,1-4H3,(H2,15,16,18). The Morgan fingerprint density at radius 2 is 2.16 bits per heavy atom. The third kappa shape index (κ3) is 5.20. The van der Waals surface area contributed by atoms with Crippen molar-refractivity contribution in [2.45, 2.75) is 46.3 Å². The Hall–Kier alpha value is -1.07. The molecule has 2 atom stereocenters. The Bertz CT molecular complexity index is 385. The molecule has 4 nitrogen and oxygen atoms in total. The van der Waals surface area contributed by atoms with Gasteiger partial charge in [0.05, 0.1) is 12.1 Å². The van der Waals surface area contributed by atoms with Crippen molar-refractivity contribution in [3.05, 3.63) is 22.4 Å². The molecule has 2 unspecified atom stereocenters. The second-order valence-electron chi connectivity index (χ2n) is 5.71. The number of aliphatic hydroxyl groups excluding tert-OH is 1. The van der Waals surface area contributed by atoms with Crippen molar-refractivity contribution in [1.82, 2.24) is 10.6 Å². The highest BCUT2D eigenvalue weighted by Crippen LogP contribution is 2.21. The van der Waals surface area contributed by atoms with E-state index in [1.165, 1.54) is 0 Å². The molecule has 0 fully saturated rings. The molecule has 3 N–H and O–H groups in total. The predicted octanol–water partition coefficient (Wildman–Crippen LogP) is 2.91. The largest absolute Gasteiger partial charge is 0.391 e. The molecule has 0 saturated heterocycles. The number of urea groups is 1. The number of amides is 2. The van der Waals surface area contributed by atoms with E-state index in [-0.39, 0.29) is 24.0 Å². The molecule has 0 radical (unpaired) electrons. The summed E-state index contributed by atoms with van der Waals surface area (Å²) in [5.41, 5.74) is -0.231. The zero-order valence-electron chi connectivity index (χ0n) is 12.1. The number of thiophene rings is 1. The Labute approximate surface area is 119 Å². The predicted molar refractivity (Wildman–Crippen MR) is 79.3 cm³/mol. The van der Waals surface area contributed by atoms with Gasteiger partial charge in [-0.05, 0) is 23.3 Å². The van der Waals surface area contributed by atoms with Crippen molar-refractivity contribution < 1.29 is 9.90 Å². The van der Waals surface area contributed by atoms with Crippen LogP contribution in [0.5, 0.6) is 0 Å². The van der Waals surface area contributed by atoms with Crippen LogP contribution in [-0.4, -0.2) is 23.8 Å². The third-order valence-electron chi connectivity index (χ3n) is 3.06. The fourth-order valence-electron chi connectivity index (χ4n) is 1.57. The number of carbonyl (C=O) groups excluding carboxylic acids is 1. The van der Waals surface area contributed by atoms with Crippen LogP contribution in [0.4, 0.5) is 4.79 Å². The maximum absolute atomic E-state index is 11.8. The second kappa shape index (κ2) is 6.91. The first-order valence-electron chi connectivity index (χ1n) is 6.60. The van der Waals surface area contributed by atoms with Gasteiger partial charge in [0, 0.05) is 11.4 Å². The van der Waals surface area contributed by atoms with Crippen LogP contribution >= 0.6 is 11.3 Å². The van der Waals surface area contributed by atoms with Crippen LogP contribution < -0.4 is 10.6 Å². The summed E-state index contributed by atoms with van der Waals surface area (Å²) in [7, 11) is 0. The summed E-state index contributed by atoms with van der Waals surface area (Å²) in [5, 5.41) is 17.5. The highest BCUT2D eigenvalue weighted by Gasteiger charge is 2.22. The van der Waals surface area contributed by atoms with E-state index >= 15 is 0 Å². The number of hydrogen-bond donors (Lipinski definition) is 3. The second-order valence-corrected chi connectivity index (χ2v) is 6.69. The van der Waals surface area contributed by atoms with E-state index in [0.29, 0.717) is 0 Å². The molecule has 0 aliphatic carbocycles. The molecule has 5 heteroatoms. The van der Waals surface area contributed by atoms with Gasteiger partial charge in [-0.25, -0.2) is 4.79 Å². The van der Waals surface area contributed by atoms with Crippen LogP contribution in [0.25, 0.3) is 0 Å². The minimum atomic E-state index is -0.555. The monoisotopic (exact) mass is 284 g/mol. The van der Waals surface area contributed by atoms with Gasteiger partial charge in [0.1, 0.15) is 0 Å². The quantitative estimate of drug-likeness (QED) is 0.778. The zero-order valence-corrected chi connectivity index (χ0v) is 12.9. The number of rotatable bonds is 5. The summed E-state index contributed by atoms with van der Waals surface area (Å²) in [6, 6.07) is 3.80. The molecule has 1 aromatic rings. The van der Waals surface area contributed by atoms with Crippen LogP contribution in [0.1, 0.15) is 45.0 Å². The van der Waals surface area contributed by atoms with Gasteiger partial charge in [0.2, 0.25) is 0 Å². The highest BCUT2D eigenvalue weighted by atomic mass is 32.1. The smallest absolute Gasteiger partial charge is 0.315 e. The lowest BCUT2D eigenvalue weighted by Gasteiger charge is -2.26. The van der Waals surface area contributed by atoms with Gasteiger partial charge in [-0.3, -0.25) is 0 Å². The summed E-state index contributed by atoms with van der Waals surface area (Å²) in [6.45, 7) is 8.12. The van der Waals surface area contributed by atoms with Gasteiger partial charge in [0.25, 0.3) is 0 Å². The van der Waals surface area contributed by atoms with E-state index < -0.39 is 6.10 Å². The number of hydrogen-bond acceptors (Lipinski definition) is 3. The molecular formula is C14H24N2O2S. The Morgan fingerprint density at radius 3 is 2.63 bits per heavy atom. The molecule has 108 valence electrons. The fourth-order valence-corrected chi connectivity index (χ4v) is 2.43. The van der Waals surface area contributed by atoms with Crippen LogP contribution in [-0.2, 0) is 0 Å². The van der Waals surface area contributed by atoms with Crippen LogP contribution in [0, 0.1) is 5.41 Å². The average molecular weight is 284 g/mol. The summed E-state index contributed by atoms with van der Waals surface area (Å²) >= 11 is 1.63. The Kier molecular flexibility index (Phi) is 5.82. The van der Waals surface area contributed by atoms with E-state index in [1.54, 1.807) is 11.3 Å². The SMILES string of the molecule is CCC(NC(=O)NCC(O)C(C)(C)C)c1cccs1. The van der Waals surface area contributed by atoms with E-state index in [9.17, 15) is 9.90 Å². The van der Waals surface area contributed by atoms with Crippen LogP contribution in [0.2, 0.25) is 0 Å². The summed E-state index contributed by atoms with van der Waals surface area (Å²) < 4.78 is 0. The van der Waals surface area contributed by atoms with Gasteiger partial charge >= 0.3 is 6.03 Å². The molecule has 0 saturated carbocycles. The fraction of sp³-hybridized carbons (Fsp3) is 0.643. The van der Waals surface area contributed by atoms with E-state index in [1.807, 2.05) is 45.2 Å². The molecule has 0 aliphatic rings. The van der Waals surface area contributed by atoms with Gasteiger partial charge in [-0.1, -0.05) is 33.8 Å². The van der Waals surface area contributed by atoms with Gasteiger partial charge in [0.15, 0.2) is 0 Å². The number of carbonyl (C=O) groups is 1. The van der Waals surface area contributed by atoms with Gasteiger partial charge in [-0.2, -0.15) is 0 Å². The first-order valence-corrected chi connectivity index (χ1v) is 7.48. The van der Waals surface area contributed by atoms with Gasteiger partial charge in [-0.15, -0.1) is 11.3 Å². The third-order valence-corrected chi connectivity index (χ3v) is 4.04. The molecule has 19 heavy (non-hydrogen) atoms. The number of aliphatic hydroxyl groups is 1.